The molecule has 3 rings (SSSR count). The number of ether oxygens (including phenoxy) is 3. The minimum Gasteiger partial charge on any atom is -0.460 e. The smallest absolute Gasteiger partial charge is 0.408 e. The molecule has 1 N–H and O–H groups in total. The number of alkyl carbamates (subject to hydrolysis) is 1. The number of hydrogen-bond acceptors (Lipinski definition) is 5. The second kappa shape index (κ2) is 13.0. The summed E-state index contributed by atoms with van der Waals surface area (Å²) in [6.45, 7) is 15.7. The van der Waals surface area contributed by atoms with Crippen molar-refractivity contribution in [3.8, 4) is 0 Å². The van der Waals surface area contributed by atoms with Gasteiger partial charge in [0, 0.05) is 32.0 Å². The molecule has 0 unspecified atom stereocenters. The molecule has 2 aromatic rings. The first-order valence-corrected chi connectivity index (χ1v) is 14.1. The van der Waals surface area contributed by atoms with Gasteiger partial charge in [0.25, 0.3) is 0 Å². The van der Waals surface area contributed by atoms with Crippen molar-refractivity contribution in [2.45, 2.75) is 98.4 Å². The van der Waals surface area contributed by atoms with Crippen LogP contribution in [0.4, 0.5) is 4.79 Å². The summed E-state index contributed by atoms with van der Waals surface area (Å²) in [5.41, 5.74) is 1.89. The third-order valence-corrected chi connectivity index (χ3v) is 7.60. The number of carbonyl (C=O) groups is 2. The van der Waals surface area contributed by atoms with E-state index in [4.69, 9.17) is 14.2 Å². The van der Waals surface area contributed by atoms with Gasteiger partial charge in [-0.1, -0.05) is 39.8 Å². The fourth-order valence-electron chi connectivity index (χ4n) is 5.34. The van der Waals surface area contributed by atoms with E-state index in [-0.39, 0.29) is 35.9 Å². The van der Waals surface area contributed by atoms with Crippen molar-refractivity contribution in [3.05, 3.63) is 36.0 Å². The Labute approximate surface area is 228 Å². The second-order valence-electron chi connectivity index (χ2n) is 12.5. The van der Waals surface area contributed by atoms with Gasteiger partial charge in [-0.05, 0) is 87.3 Å². The Morgan fingerprint density at radius 3 is 2.53 bits per heavy atom. The van der Waals surface area contributed by atoms with E-state index in [0.717, 1.165) is 26.0 Å². The maximum absolute atomic E-state index is 12.8. The third kappa shape index (κ3) is 8.23. The molecule has 1 aromatic carbocycles. The third-order valence-electron chi connectivity index (χ3n) is 7.60. The van der Waals surface area contributed by atoms with E-state index >= 15 is 0 Å². The Hall–Kier alpha value is -2.54. The number of aromatic nitrogens is 1. The quantitative estimate of drug-likeness (QED) is 0.256. The van der Waals surface area contributed by atoms with E-state index in [1.807, 2.05) is 34.6 Å². The van der Waals surface area contributed by atoms with E-state index in [1.54, 1.807) is 7.11 Å². The lowest BCUT2D eigenvalue weighted by atomic mass is 9.81. The standard InChI is InChI=1S/C31H48N2O5/c1-20(2)24(16-22-10-11-23-12-14-33(27(23)17-22)13-9-15-36-8)18-26(32-30(35)38-31(5,6)7)28-19-25(21(3)4)29(34)37-28/h10-12,14,17,20-21,24-26,28H,9,13,15-16,18-19H2,1-8H3,(H,32,35)/t24-,25+,26+,28+/m1/s1. The fraction of sp³-hybridized carbons (Fsp3) is 0.677. The van der Waals surface area contributed by atoms with Crippen molar-refractivity contribution in [1.29, 1.82) is 0 Å². The van der Waals surface area contributed by atoms with Crippen LogP contribution < -0.4 is 5.32 Å². The van der Waals surface area contributed by atoms with Crippen molar-refractivity contribution in [2.24, 2.45) is 23.7 Å². The SMILES string of the molecule is COCCCn1ccc2ccc(C[C@H](C[C@H](NC(=O)OC(C)(C)C)[C@@H]3C[C@@H](C(C)C)C(=O)O3)C(C)C)cc21. The molecular formula is C31H48N2O5. The molecule has 38 heavy (non-hydrogen) atoms. The number of fused-ring (bicyclic) bond motifs is 1. The van der Waals surface area contributed by atoms with Gasteiger partial charge >= 0.3 is 12.1 Å². The average molecular weight is 529 g/mol. The summed E-state index contributed by atoms with van der Waals surface area (Å²) in [5.74, 6) is 0.541. The van der Waals surface area contributed by atoms with Gasteiger partial charge < -0.3 is 24.1 Å². The number of benzene rings is 1. The Kier molecular flexibility index (Phi) is 10.3. The molecule has 1 fully saturated rings. The maximum atomic E-state index is 12.8. The number of cyclic esters (lactones) is 1. The van der Waals surface area contributed by atoms with E-state index in [2.05, 4.69) is 54.2 Å². The monoisotopic (exact) mass is 528 g/mol. The van der Waals surface area contributed by atoms with Crippen molar-refractivity contribution in [2.75, 3.05) is 13.7 Å². The summed E-state index contributed by atoms with van der Waals surface area (Å²) in [7, 11) is 1.73. The Morgan fingerprint density at radius 2 is 1.92 bits per heavy atom. The van der Waals surface area contributed by atoms with Gasteiger partial charge in [-0.25, -0.2) is 4.79 Å². The molecule has 0 spiro atoms. The summed E-state index contributed by atoms with van der Waals surface area (Å²) < 4.78 is 18.9. The zero-order chi connectivity index (χ0) is 28.0. The molecular weight excluding hydrogens is 480 g/mol. The van der Waals surface area contributed by atoms with Crippen LogP contribution >= 0.6 is 0 Å². The first kappa shape index (κ1) is 30.0. The molecule has 1 aromatic heterocycles. The number of carbonyl (C=O) groups excluding carboxylic acids is 2. The first-order valence-electron chi connectivity index (χ1n) is 14.1. The number of esters is 1. The average Bonchev–Trinajstić information content (AvgIpc) is 3.40. The van der Waals surface area contributed by atoms with Gasteiger partial charge in [0.2, 0.25) is 0 Å². The highest BCUT2D eigenvalue weighted by atomic mass is 16.6. The van der Waals surface area contributed by atoms with Crippen LogP contribution in [-0.2, 0) is 32.0 Å². The molecule has 0 bridgehead atoms. The molecule has 0 radical (unpaired) electrons. The van der Waals surface area contributed by atoms with Gasteiger partial charge in [0.1, 0.15) is 11.7 Å². The molecule has 0 aliphatic carbocycles. The molecule has 0 saturated carbocycles. The Morgan fingerprint density at radius 1 is 1.18 bits per heavy atom. The second-order valence-corrected chi connectivity index (χ2v) is 12.5. The molecule has 1 aliphatic heterocycles. The molecule has 7 nitrogen and oxygen atoms in total. The lowest BCUT2D eigenvalue weighted by Crippen LogP contribution is -2.47. The number of amides is 1. The predicted molar refractivity (Wildman–Crippen MR) is 151 cm³/mol. The van der Waals surface area contributed by atoms with Crippen LogP contribution in [0.2, 0.25) is 0 Å². The summed E-state index contributed by atoms with van der Waals surface area (Å²) in [6, 6.07) is 8.53. The number of nitrogens with one attached hydrogen (secondary N) is 1. The number of aryl methyl sites for hydroxylation is 1. The number of methoxy groups -OCH3 is 1. The lowest BCUT2D eigenvalue weighted by molar-refractivity contribution is -0.146. The molecule has 1 saturated heterocycles. The molecule has 212 valence electrons. The molecule has 7 heteroatoms. The van der Waals surface area contributed by atoms with Crippen LogP contribution in [0, 0.1) is 23.7 Å². The van der Waals surface area contributed by atoms with Gasteiger partial charge in [0.05, 0.1) is 12.0 Å². The largest absolute Gasteiger partial charge is 0.460 e. The summed E-state index contributed by atoms with van der Waals surface area (Å²) >= 11 is 0. The summed E-state index contributed by atoms with van der Waals surface area (Å²) in [4.78, 5) is 25.4. The van der Waals surface area contributed by atoms with E-state index in [1.165, 1.54) is 16.5 Å². The van der Waals surface area contributed by atoms with Gasteiger partial charge in [0.15, 0.2) is 0 Å². The minimum absolute atomic E-state index is 0.145. The Bertz CT molecular complexity index is 1070. The van der Waals surface area contributed by atoms with Gasteiger partial charge in [-0.2, -0.15) is 0 Å². The zero-order valence-electron chi connectivity index (χ0n) is 24.6. The minimum atomic E-state index is -0.605. The Balaban J connectivity index is 1.80. The van der Waals surface area contributed by atoms with Crippen molar-refractivity contribution in [1.82, 2.24) is 9.88 Å². The highest BCUT2D eigenvalue weighted by Crippen LogP contribution is 2.33. The van der Waals surface area contributed by atoms with Crippen molar-refractivity contribution in [3.63, 3.8) is 0 Å². The van der Waals surface area contributed by atoms with Gasteiger partial charge in [-0.15, -0.1) is 0 Å². The number of hydrogen-bond donors (Lipinski definition) is 1. The van der Waals surface area contributed by atoms with E-state index < -0.39 is 11.7 Å². The molecule has 2 heterocycles. The van der Waals surface area contributed by atoms with Crippen LogP contribution in [0.25, 0.3) is 10.9 Å². The van der Waals surface area contributed by atoms with E-state index in [9.17, 15) is 9.59 Å². The van der Waals surface area contributed by atoms with Crippen molar-refractivity contribution >= 4 is 23.0 Å². The lowest BCUT2D eigenvalue weighted by Gasteiger charge is -2.31. The van der Waals surface area contributed by atoms with Gasteiger partial charge in [-0.3, -0.25) is 4.79 Å². The maximum Gasteiger partial charge on any atom is 0.408 e. The van der Waals surface area contributed by atoms with Crippen LogP contribution in [-0.4, -0.2) is 48.1 Å². The summed E-state index contributed by atoms with van der Waals surface area (Å²) in [5, 5.41) is 4.31. The van der Waals surface area contributed by atoms with Crippen molar-refractivity contribution < 1.29 is 23.8 Å². The highest BCUT2D eigenvalue weighted by Gasteiger charge is 2.42. The molecule has 1 aliphatic rings. The summed E-state index contributed by atoms with van der Waals surface area (Å²) in [6.07, 6.45) is 4.47. The van der Waals surface area contributed by atoms with E-state index in [0.29, 0.717) is 18.8 Å². The normalized spacial score (nSPS) is 19.7. The number of nitrogens with zero attached hydrogens (tertiary/aromatic N) is 1. The molecule has 4 atom stereocenters. The van der Waals surface area contributed by atoms with Crippen LogP contribution in [0.5, 0.6) is 0 Å². The fourth-order valence-corrected chi connectivity index (χ4v) is 5.34. The van der Waals surface area contributed by atoms with Crippen LogP contribution in [0.1, 0.15) is 73.3 Å². The molecule has 1 amide bonds. The van der Waals surface area contributed by atoms with Crippen LogP contribution in [0.3, 0.4) is 0 Å². The highest BCUT2D eigenvalue weighted by molar-refractivity contribution is 5.81. The topological polar surface area (TPSA) is 78.8 Å². The zero-order valence-corrected chi connectivity index (χ0v) is 24.6. The predicted octanol–water partition coefficient (Wildman–Crippen LogP) is 6.36. The number of rotatable bonds is 12. The first-order chi connectivity index (χ1) is 17.9. The van der Waals surface area contributed by atoms with Crippen LogP contribution in [0.15, 0.2) is 30.5 Å².